The first-order chi connectivity index (χ1) is 9.97. The van der Waals surface area contributed by atoms with Crippen molar-refractivity contribution in [3.8, 4) is 0 Å². The molecule has 2 rings (SSSR count). The van der Waals surface area contributed by atoms with Crippen molar-refractivity contribution < 1.29 is 9.59 Å². The lowest BCUT2D eigenvalue weighted by Gasteiger charge is -2.07. The van der Waals surface area contributed by atoms with E-state index in [2.05, 4.69) is 5.32 Å². The Morgan fingerprint density at radius 1 is 1.19 bits per heavy atom. The van der Waals surface area contributed by atoms with Crippen LogP contribution in [0.1, 0.15) is 33.0 Å². The zero-order chi connectivity index (χ0) is 15.4. The average Bonchev–Trinajstić information content (AvgIpc) is 2.78. The van der Waals surface area contributed by atoms with Gasteiger partial charge in [-0.3, -0.25) is 9.59 Å². The third kappa shape index (κ3) is 3.92. The Morgan fingerprint density at radius 3 is 2.52 bits per heavy atom. The van der Waals surface area contributed by atoms with Crippen LogP contribution in [-0.2, 0) is 4.79 Å². The van der Waals surface area contributed by atoms with Crippen molar-refractivity contribution in [3.05, 3.63) is 45.6 Å². The summed E-state index contributed by atoms with van der Waals surface area (Å²) in [6, 6.07) is 8.94. The quantitative estimate of drug-likeness (QED) is 0.655. The summed E-state index contributed by atoms with van der Waals surface area (Å²) >= 11 is 1.60. The summed E-state index contributed by atoms with van der Waals surface area (Å²) in [5.41, 5.74) is 7.58. The molecule has 3 N–H and O–H groups in total. The van der Waals surface area contributed by atoms with Crippen molar-refractivity contribution in [2.24, 2.45) is 0 Å². The number of carbonyl (C=O) groups is 2. The van der Waals surface area contributed by atoms with Crippen LogP contribution >= 0.6 is 11.3 Å². The van der Waals surface area contributed by atoms with Gasteiger partial charge in [0.25, 0.3) is 0 Å². The minimum absolute atomic E-state index is 0.00744. The Kier molecular flexibility index (Phi) is 4.75. The van der Waals surface area contributed by atoms with E-state index in [9.17, 15) is 9.59 Å². The lowest BCUT2D eigenvalue weighted by molar-refractivity contribution is -0.116. The molecule has 110 valence electrons. The third-order valence-electron chi connectivity index (χ3n) is 3.16. The molecule has 0 bridgehead atoms. The average molecular weight is 302 g/mol. The highest BCUT2D eigenvalue weighted by molar-refractivity contribution is 7.12. The van der Waals surface area contributed by atoms with Gasteiger partial charge in [0.15, 0.2) is 5.78 Å². The summed E-state index contributed by atoms with van der Waals surface area (Å²) < 4.78 is 0. The van der Waals surface area contributed by atoms with E-state index in [0.717, 1.165) is 15.3 Å². The molecule has 1 aromatic heterocycles. The largest absolute Gasteiger partial charge is 0.397 e. The molecule has 21 heavy (non-hydrogen) atoms. The molecule has 1 heterocycles. The second kappa shape index (κ2) is 6.54. The number of hydrogen-bond acceptors (Lipinski definition) is 4. The topological polar surface area (TPSA) is 72.2 Å². The molecule has 0 aliphatic carbocycles. The number of benzene rings is 1. The maximum atomic E-state index is 12.1. The minimum Gasteiger partial charge on any atom is -0.397 e. The Morgan fingerprint density at radius 2 is 1.90 bits per heavy atom. The Balaban J connectivity index is 1.91. The fourth-order valence-electron chi connectivity index (χ4n) is 2.09. The van der Waals surface area contributed by atoms with E-state index in [1.54, 1.807) is 35.6 Å². The zero-order valence-electron chi connectivity index (χ0n) is 12.1. The van der Waals surface area contributed by atoms with Crippen LogP contribution in [0.25, 0.3) is 0 Å². The molecule has 0 aliphatic heterocycles. The van der Waals surface area contributed by atoms with Gasteiger partial charge in [0, 0.05) is 28.2 Å². The van der Waals surface area contributed by atoms with Crippen molar-refractivity contribution in [1.82, 2.24) is 0 Å². The fourth-order valence-corrected chi connectivity index (χ4v) is 3.04. The highest BCUT2D eigenvalue weighted by Crippen LogP contribution is 2.22. The number of rotatable bonds is 5. The zero-order valence-corrected chi connectivity index (χ0v) is 12.9. The van der Waals surface area contributed by atoms with Gasteiger partial charge in [0.1, 0.15) is 0 Å². The number of nitrogen functional groups attached to an aromatic ring is 1. The van der Waals surface area contributed by atoms with E-state index in [1.165, 1.54) is 0 Å². The molecule has 0 spiro atoms. The van der Waals surface area contributed by atoms with E-state index in [0.29, 0.717) is 11.4 Å². The summed E-state index contributed by atoms with van der Waals surface area (Å²) in [5.74, 6) is -0.195. The summed E-state index contributed by atoms with van der Waals surface area (Å²) in [6.45, 7) is 3.90. The minimum atomic E-state index is -0.203. The van der Waals surface area contributed by atoms with Gasteiger partial charge in [-0.2, -0.15) is 0 Å². The number of carbonyl (C=O) groups excluding carboxylic acids is 2. The highest BCUT2D eigenvalue weighted by Gasteiger charge is 2.14. The molecule has 0 radical (unpaired) electrons. The number of aryl methyl sites for hydroxylation is 2. The molecule has 0 fully saturated rings. The first kappa shape index (κ1) is 15.3. The number of para-hydroxylation sites is 2. The predicted molar refractivity (Wildman–Crippen MR) is 86.8 cm³/mol. The van der Waals surface area contributed by atoms with Gasteiger partial charge in [-0.1, -0.05) is 12.1 Å². The number of Topliss-reactive ketones (excluding diaryl/α,β-unsaturated/α-hetero) is 1. The monoisotopic (exact) mass is 302 g/mol. The molecule has 0 unspecified atom stereocenters. The Bertz CT molecular complexity index is 677. The van der Waals surface area contributed by atoms with Crippen LogP contribution in [0.3, 0.4) is 0 Å². The van der Waals surface area contributed by atoms with E-state index >= 15 is 0 Å². The Hall–Kier alpha value is -2.14. The SMILES string of the molecule is Cc1cc(C(=O)CCC(=O)Nc2ccccc2N)c(C)s1. The van der Waals surface area contributed by atoms with Crippen LogP contribution < -0.4 is 11.1 Å². The molecule has 0 saturated heterocycles. The predicted octanol–water partition coefficient (Wildman–Crippen LogP) is 3.55. The number of nitrogens with two attached hydrogens (primary N) is 1. The van der Waals surface area contributed by atoms with Gasteiger partial charge < -0.3 is 11.1 Å². The molecule has 0 atom stereocenters. The van der Waals surface area contributed by atoms with E-state index in [1.807, 2.05) is 19.9 Å². The number of amides is 1. The smallest absolute Gasteiger partial charge is 0.224 e. The van der Waals surface area contributed by atoms with Crippen molar-refractivity contribution >= 4 is 34.4 Å². The molecule has 5 heteroatoms. The van der Waals surface area contributed by atoms with Gasteiger partial charge in [-0.25, -0.2) is 0 Å². The first-order valence-electron chi connectivity index (χ1n) is 6.72. The molecule has 2 aromatic rings. The lowest BCUT2D eigenvalue weighted by Crippen LogP contribution is -2.14. The second-order valence-corrected chi connectivity index (χ2v) is 6.35. The van der Waals surface area contributed by atoms with Gasteiger partial charge >= 0.3 is 0 Å². The van der Waals surface area contributed by atoms with Crippen molar-refractivity contribution in [3.63, 3.8) is 0 Å². The number of ketones is 1. The molecule has 1 aromatic carbocycles. The van der Waals surface area contributed by atoms with Crippen molar-refractivity contribution in [2.45, 2.75) is 26.7 Å². The standard InChI is InChI=1S/C16H18N2O2S/c1-10-9-12(11(2)21-10)15(19)7-8-16(20)18-14-6-4-3-5-13(14)17/h3-6,9H,7-8,17H2,1-2H3,(H,18,20). The molecule has 0 aliphatic rings. The molecular formula is C16H18N2O2S. The molecular weight excluding hydrogens is 284 g/mol. The van der Waals surface area contributed by atoms with Crippen LogP contribution in [0.2, 0.25) is 0 Å². The van der Waals surface area contributed by atoms with Gasteiger partial charge in [0.05, 0.1) is 11.4 Å². The summed E-state index contributed by atoms with van der Waals surface area (Å²) in [6.07, 6.45) is 0.358. The fraction of sp³-hybridized carbons (Fsp3) is 0.250. The lowest BCUT2D eigenvalue weighted by atomic mass is 10.1. The number of thiophene rings is 1. The maximum Gasteiger partial charge on any atom is 0.224 e. The molecule has 0 saturated carbocycles. The Labute approximate surface area is 128 Å². The highest BCUT2D eigenvalue weighted by atomic mass is 32.1. The third-order valence-corrected chi connectivity index (χ3v) is 4.12. The van der Waals surface area contributed by atoms with Crippen LogP contribution in [0.4, 0.5) is 11.4 Å². The number of hydrogen-bond donors (Lipinski definition) is 2. The van der Waals surface area contributed by atoms with Gasteiger partial charge in [-0.15, -0.1) is 11.3 Å². The van der Waals surface area contributed by atoms with Gasteiger partial charge in [-0.05, 0) is 32.0 Å². The summed E-state index contributed by atoms with van der Waals surface area (Å²) in [5, 5.41) is 2.72. The summed E-state index contributed by atoms with van der Waals surface area (Å²) in [7, 11) is 0. The van der Waals surface area contributed by atoms with E-state index in [-0.39, 0.29) is 24.5 Å². The second-order valence-electron chi connectivity index (χ2n) is 4.89. The normalized spacial score (nSPS) is 10.4. The van der Waals surface area contributed by atoms with Gasteiger partial charge in [0.2, 0.25) is 5.91 Å². The maximum absolute atomic E-state index is 12.1. The number of nitrogens with one attached hydrogen (secondary N) is 1. The molecule has 4 nitrogen and oxygen atoms in total. The van der Waals surface area contributed by atoms with E-state index < -0.39 is 0 Å². The number of anilines is 2. The van der Waals surface area contributed by atoms with Crippen LogP contribution in [-0.4, -0.2) is 11.7 Å². The van der Waals surface area contributed by atoms with E-state index in [4.69, 9.17) is 5.73 Å². The van der Waals surface area contributed by atoms with Crippen LogP contribution in [0.15, 0.2) is 30.3 Å². The van der Waals surface area contributed by atoms with Crippen LogP contribution in [0.5, 0.6) is 0 Å². The summed E-state index contributed by atoms with van der Waals surface area (Å²) in [4.78, 5) is 26.1. The molecule has 1 amide bonds. The van der Waals surface area contributed by atoms with Crippen molar-refractivity contribution in [1.29, 1.82) is 0 Å². The van der Waals surface area contributed by atoms with Crippen LogP contribution in [0, 0.1) is 13.8 Å². The first-order valence-corrected chi connectivity index (χ1v) is 7.53. The van der Waals surface area contributed by atoms with Crippen molar-refractivity contribution in [2.75, 3.05) is 11.1 Å².